The number of nitrogens with one attached hydrogen (secondary N) is 1. The van der Waals surface area contributed by atoms with Gasteiger partial charge in [0, 0.05) is 26.3 Å². The van der Waals surface area contributed by atoms with Crippen molar-refractivity contribution in [2.75, 3.05) is 24.3 Å². The first-order chi connectivity index (χ1) is 11.9. The number of alkyl halides is 3. The summed E-state index contributed by atoms with van der Waals surface area (Å²) in [4.78, 5) is 0.589. The van der Waals surface area contributed by atoms with Crippen LogP contribution in [0.4, 0.5) is 28.9 Å². The second-order valence-electron chi connectivity index (χ2n) is 5.79. The Bertz CT molecular complexity index is 912. The lowest BCUT2D eigenvalue weighted by atomic mass is 10.1. The summed E-state index contributed by atoms with van der Waals surface area (Å²) in [5, 5.41) is 7.54. The van der Waals surface area contributed by atoms with Gasteiger partial charge in [0.15, 0.2) is 0 Å². The van der Waals surface area contributed by atoms with Crippen LogP contribution >= 0.6 is 0 Å². The van der Waals surface area contributed by atoms with Gasteiger partial charge in [-0.05, 0) is 35.9 Å². The summed E-state index contributed by atoms with van der Waals surface area (Å²) in [6.07, 6.45) is -4.89. The van der Waals surface area contributed by atoms with Crippen LogP contribution in [0, 0.1) is 5.82 Å². The first-order valence-corrected chi connectivity index (χ1v) is 8.88. The SMILES string of the molecule is CN(C)c1ccc(CNc2ccc(S(N)(=O)=O)c(C(F)(F)F)c2)cc1F. The van der Waals surface area contributed by atoms with E-state index in [0.717, 1.165) is 6.07 Å². The molecule has 142 valence electrons. The predicted octanol–water partition coefficient (Wildman–Crippen LogP) is 3.17. The third kappa shape index (κ3) is 4.64. The average Bonchev–Trinajstić information content (AvgIpc) is 2.50. The monoisotopic (exact) mass is 391 g/mol. The minimum absolute atomic E-state index is 0.0295. The zero-order chi connectivity index (χ0) is 19.7. The van der Waals surface area contributed by atoms with E-state index in [1.165, 1.54) is 12.1 Å². The quantitative estimate of drug-likeness (QED) is 0.768. The zero-order valence-electron chi connectivity index (χ0n) is 13.9. The Labute approximate surface area is 148 Å². The Balaban J connectivity index is 2.27. The van der Waals surface area contributed by atoms with E-state index in [1.54, 1.807) is 31.1 Å². The highest BCUT2D eigenvalue weighted by Crippen LogP contribution is 2.35. The number of hydrogen-bond acceptors (Lipinski definition) is 4. The summed E-state index contributed by atoms with van der Waals surface area (Å²) in [6, 6.07) is 7.07. The van der Waals surface area contributed by atoms with Crippen molar-refractivity contribution in [3.8, 4) is 0 Å². The van der Waals surface area contributed by atoms with Crippen molar-refractivity contribution in [3.63, 3.8) is 0 Å². The van der Waals surface area contributed by atoms with E-state index in [-0.39, 0.29) is 12.2 Å². The number of rotatable bonds is 5. The maximum Gasteiger partial charge on any atom is 0.417 e. The fourth-order valence-electron chi connectivity index (χ4n) is 2.34. The molecule has 0 spiro atoms. The molecule has 0 radical (unpaired) electrons. The maximum atomic E-state index is 13.9. The average molecular weight is 391 g/mol. The summed E-state index contributed by atoms with van der Waals surface area (Å²) >= 11 is 0. The predicted molar refractivity (Wildman–Crippen MR) is 90.9 cm³/mol. The van der Waals surface area contributed by atoms with Crippen molar-refractivity contribution >= 4 is 21.4 Å². The number of halogens is 4. The van der Waals surface area contributed by atoms with Gasteiger partial charge in [0.1, 0.15) is 5.82 Å². The third-order valence-corrected chi connectivity index (χ3v) is 4.55. The van der Waals surface area contributed by atoms with E-state index in [1.807, 2.05) is 0 Å². The van der Waals surface area contributed by atoms with Gasteiger partial charge in [-0.15, -0.1) is 0 Å². The van der Waals surface area contributed by atoms with E-state index >= 15 is 0 Å². The summed E-state index contributed by atoms with van der Waals surface area (Å²) in [6.45, 7) is 0.0522. The van der Waals surface area contributed by atoms with Crippen LogP contribution in [0.5, 0.6) is 0 Å². The van der Waals surface area contributed by atoms with E-state index in [4.69, 9.17) is 5.14 Å². The topological polar surface area (TPSA) is 75.4 Å². The molecule has 0 aliphatic carbocycles. The molecule has 2 aromatic rings. The minimum atomic E-state index is -4.89. The number of nitrogens with zero attached hydrogens (tertiary/aromatic N) is 1. The summed E-state index contributed by atoms with van der Waals surface area (Å²) in [7, 11) is -1.16. The second-order valence-corrected chi connectivity index (χ2v) is 7.32. The van der Waals surface area contributed by atoms with Crippen LogP contribution in [0.3, 0.4) is 0 Å². The van der Waals surface area contributed by atoms with Crippen LogP contribution in [0.2, 0.25) is 0 Å². The molecule has 0 heterocycles. The van der Waals surface area contributed by atoms with Crippen LogP contribution in [-0.4, -0.2) is 22.5 Å². The largest absolute Gasteiger partial charge is 0.417 e. The van der Waals surface area contributed by atoms with Gasteiger partial charge in [0.05, 0.1) is 16.1 Å². The van der Waals surface area contributed by atoms with Gasteiger partial charge in [-0.1, -0.05) is 6.07 Å². The van der Waals surface area contributed by atoms with Gasteiger partial charge >= 0.3 is 6.18 Å². The molecule has 0 amide bonds. The van der Waals surface area contributed by atoms with Crippen molar-refractivity contribution in [2.45, 2.75) is 17.6 Å². The number of anilines is 2. The first-order valence-electron chi connectivity index (χ1n) is 7.33. The highest BCUT2D eigenvalue weighted by molar-refractivity contribution is 7.89. The molecule has 2 aromatic carbocycles. The number of hydrogen-bond donors (Lipinski definition) is 2. The fraction of sp³-hybridized carbons (Fsp3) is 0.250. The first kappa shape index (κ1) is 20.0. The van der Waals surface area contributed by atoms with E-state index in [0.29, 0.717) is 17.3 Å². The molecule has 26 heavy (non-hydrogen) atoms. The molecule has 10 heteroatoms. The fourth-order valence-corrected chi connectivity index (χ4v) is 3.08. The smallest absolute Gasteiger partial charge is 0.381 e. The standard InChI is InChI=1S/C16H17F4N3O2S/c1-23(2)14-5-3-10(7-13(14)17)9-22-11-4-6-15(26(21,24)25)12(8-11)16(18,19)20/h3-8,22H,9H2,1-2H3,(H2,21,24,25). The molecule has 0 fully saturated rings. The molecule has 0 atom stereocenters. The van der Waals surface area contributed by atoms with E-state index in [2.05, 4.69) is 5.32 Å². The van der Waals surface area contributed by atoms with Crippen LogP contribution in [0.25, 0.3) is 0 Å². The molecule has 0 saturated carbocycles. The van der Waals surface area contributed by atoms with Crippen molar-refractivity contribution < 1.29 is 26.0 Å². The lowest BCUT2D eigenvalue weighted by Crippen LogP contribution is -2.19. The number of nitrogens with two attached hydrogens (primary N) is 1. The Kier molecular flexibility index (Phi) is 5.47. The minimum Gasteiger partial charge on any atom is -0.381 e. The molecule has 5 nitrogen and oxygen atoms in total. The van der Waals surface area contributed by atoms with Gasteiger partial charge < -0.3 is 10.2 Å². The summed E-state index contributed by atoms with van der Waals surface area (Å²) in [5.74, 6) is -0.463. The molecular weight excluding hydrogens is 374 g/mol. The summed E-state index contributed by atoms with van der Waals surface area (Å²) in [5.41, 5.74) is -0.441. The highest BCUT2D eigenvalue weighted by Gasteiger charge is 2.36. The molecule has 0 aliphatic heterocycles. The van der Waals surface area contributed by atoms with Gasteiger partial charge in [-0.25, -0.2) is 17.9 Å². The Morgan fingerprint density at radius 2 is 1.77 bits per heavy atom. The molecule has 3 N–H and O–H groups in total. The molecule has 0 aliphatic rings. The van der Waals surface area contributed by atoms with Gasteiger partial charge in [-0.2, -0.15) is 13.2 Å². The highest BCUT2D eigenvalue weighted by atomic mass is 32.2. The van der Waals surface area contributed by atoms with Crippen molar-refractivity contribution in [3.05, 3.63) is 53.3 Å². The van der Waals surface area contributed by atoms with Crippen LogP contribution in [0.15, 0.2) is 41.3 Å². The molecule has 0 saturated heterocycles. The molecular formula is C16H17F4N3O2S. The normalized spacial score (nSPS) is 12.1. The number of benzene rings is 2. The zero-order valence-corrected chi connectivity index (χ0v) is 14.7. The van der Waals surface area contributed by atoms with E-state index in [9.17, 15) is 26.0 Å². The van der Waals surface area contributed by atoms with Crippen molar-refractivity contribution in [1.82, 2.24) is 0 Å². The van der Waals surface area contributed by atoms with Crippen LogP contribution < -0.4 is 15.4 Å². The maximum absolute atomic E-state index is 13.9. The van der Waals surface area contributed by atoms with Crippen molar-refractivity contribution in [1.29, 1.82) is 0 Å². The van der Waals surface area contributed by atoms with Crippen molar-refractivity contribution in [2.24, 2.45) is 5.14 Å². The van der Waals surface area contributed by atoms with Crippen LogP contribution in [-0.2, 0) is 22.7 Å². The molecule has 0 unspecified atom stereocenters. The molecule has 2 rings (SSSR count). The lowest BCUT2D eigenvalue weighted by Gasteiger charge is -2.16. The van der Waals surface area contributed by atoms with Crippen LogP contribution in [0.1, 0.15) is 11.1 Å². The second kappa shape index (κ2) is 7.12. The third-order valence-electron chi connectivity index (χ3n) is 3.58. The number of sulfonamides is 1. The number of primary sulfonamides is 1. The Hall–Kier alpha value is -2.33. The Morgan fingerprint density at radius 3 is 2.27 bits per heavy atom. The van der Waals surface area contributed by atoms with Gasteiger partial charge in [-0.3, -0.25) is 0 Å². The molecule has 0 aromatic heterocycles. The summed E-state index contributed by atoms with van der Waals surface area (Å²) < 4.78 is 75.9. The lowest BCUT2D eigenvalue weighted by molar-refractivity contribution is -0.139. The van der Waals surface area contributed by atoms with Gasteiger partial charge in [0.2, 0.25) is 10.0 Å². The van der Waals surface area contributed by atoms with E-state index < -0.39 is 32.5 Å². The van der Waals surface area contributed by atoms with Gasteiger partial charge in [0.25, 0.3) is 0 Å². The Morgan fingerprint density at radius 1 is 1.12 bits per heavy atom. The molecule has 0 bridgehead atoms.